The fourth-order valence-corrected chi connectivity index (χ4v) is 2.62. The standard InChI is InChI=1S/C16H9Cl2F2N5O2/c17-8-1-4-13(10(18)5-8)24-16-14(25(26)27)15(21-7-22-16)23-9-2-3-11(19)12(20)6-9/h1-7H,(H2,21,22,23,24). The Morgan fingerprint density at radius 1 is 0.963 bits per heavy atom. The van der Waals surface area contributed by atoms with E-state index < -0.39 is 22.2 Å². The largest absolute Gasteiger partial charge is 0.353 e. The van der Waals surface area contributed by atoms with Crippen LogP contribution in [0.5, 0.6) is 0 Å². The second kappa shape index (κ2) is 7.68. The third-order valence-electron chi connectivity index (χ3n) is 3.37. The molecular weight excluding hydrogens is 403 g/mol. The van der Waals surface area contributed by atoms with Crippen LogP contribution in [0.15, 0.2) is 42.7 Å². The molecular formula is C16H9Cl2F2N5O2. The molecule has 0 aliphatic rings. The SMILES string of the molecule is O=[N+]([O-])c1c(Nc2ccc(F)c(F)c2)ncnc1Nc1ccc(Cl)cc1Cl. The van der Waals surface area contributed by atoms with Crippen LogP contribution in [0, 0.1) is 21.7 Å². The minimum absolute atomic E-state index is 0.0752. The number of halogens is 4. The fourth-order valence-electron chi connectivity index (χ4n) is 2.16. The first-order valence-corrected chi connectivity index (χ1v) is 8.04. The Balaban J connectivity index is 1.99. The molecule has 1 heterocycles. The van der Waals surface area contributed by atoms with Crippen LogP contribution in [-0.4, -0.2) is 14.9 Å². The van der Waals surface area contributed by atoms with Crippen molar-refractivity contribution in [1.29, 1.82) is 0 Å². The van der Waals surface area contributed by atoms with Gasteiger partial charge in [0.15, 0.2) is 11.6 Å². The van der Waals surface area contributed by atoms with Crippen LogP contribution in [0.4, 0.5) is 37.5 Å². The molecule has 0 aliphatic carbocycles. The molecule has 11 heteroatoms. The molecule has 0 unspecified atom stereocenters. The van der Waals surface area contributed by atoms with Gasteiger partial charge in [-0.25, -0.2) is 18.7 Å². The monoisotopic (exact) mass is 411 g/mol. The van der Waals surface area contributed by atoms with Gasteiger partial charge in [0.2, 0.25) is 11.6 Å². The maximum absolute atomic E-state index is 13.4. The summed E-state index contributed by atoms with van der Waals surface area (Å²) in [5.41, 5.74) is -0.0962. The molecule has 0 amide bonds. The van der Waals surface area contributed by atoms with Gasteiger partial charge in [0.25, 0.3) is 0 Å². The number of nitro groups is 1. The Kier molecular flexibility index (Phi) is 5.33. The van der Waals surface area contributed by atoms with Crippen molar-refractivity contribution in [2.75, 3.05) is 10.6 Å². The Morgan fingerprint density at radius 3 is 2.30 bits per heavy atom. The topological polar surface area (TPSA) is 93.0 Å². The maximum atomic E-state index is 13.4. The lowest BCUT2D eigenvalue weighted by Crippen LogP contribution is -2.06. The van der Waals surface area contributed by atoms with Gasteiger partial charge in [0.05, 0.1) is 15.6 Å². The second-order valence-corrected chi connectivity index (χ2v) is 6.02. The first-order chi connectivity index (χ1) is 12.8. The van der Waals surface area contributed by atoms with Gasteiger partial charge in [-0.1, -0.05) is 23.2 Å². The second-order valence-electron chi connectivity index (χ2n) is 5.18. The summed E-state index contributed by atoms with van der Waals surface area (Å²) in [5, 5.41) is 17.5. The number of nitrogens with one attached hydrogen (secondary N) is 2. The van der Waals surface area contributed by atoms with E-state index in [2.05, 4.69) is 20.6 Å². The zero-order valence-corrected chi connectivity index (χ0v) is 14.7. The molecule has 0 radical (unpaired) electrons. The molecule has 7 nitrogen and oxygen atoms in total. The number of hydrogen-bond donors (Lipinski definition) is 2. The van der Waals surface area contributed by atoms with Crippen molar-refractivity contribution < 1.29 is 13.7 Å². The van der Waals surface area contributed by atoms with Gasteiger partial charge < -0.3 is 10.6 Å². The van der Waals surface area contributed by atoms with Crippen LogP contribution in [0.1, 0.15) is 0 Å². The summed E-state index contributed by atoms with van der Waals surface area (Å²) >= 11 is 11.9. The predicted molar refractivity (Wildman–Crippen MR) is 98.1 cm³/mol. The van der Waals surface area contributed by atoms with Gasteiger partial charge in [-0.3, -0.25) is 10.1 Å². The number of hydrogen-bond acceptors (Lipinski definition) is 6. The lowest BCUT2D eigenvalue weighted by molar-refractivity contribution is -0.383. The normalized spacial score (nSPS) is 10.5. The molecule has 0 fully saturated rings. The smallest absolute Gasteiger partial charge is 0.334 e. The van der Waals surface area contributed by atoms with Gasteiger partial charge in [-0.15, -0.1) is 0 Å². The average molecular weight is 412 g/mol. The Bertz CT molecular complexity index is 1040. The van der Waals surface area contributed by atoms with Crippen LogP contribution in [0.25, 0.3) is 0 Å². The minimum atomic E-state index is -1.11. The zero-order valence-electron chi connectivity index (χ0n) is 13.2. The Morgan fingerprint density at radius 2 is 1.67 bits per heavy atom. The molecule has 1 aromatic heterocycles. The van der Waals surface area contributed by atoms with Crippen molar-refractivity contribution in [1.82, 2.24) is 9.97 Å². The highest BCUT2D eigenvalue weighted by Crippen LogP contribution is 2.35. The summed E-state index contributed by atoms with van der Waals surface area (Å²) in [4.78, 5) is 18.5. The lowest BCUT2D eigenvalue weighted by Gasteiger charge is -2.11. The highest BCUT2D eigenvalue weighted by Gasteiger charge is 2.24. The van der Waals surface area contributed by atoms with Crippen molar-refractivity contribution in [3.63, 3.8) is 0 Å². The Labute approximate surface area is 161 Å². The quantitative estimate of drug-likeness (QED) is 0.427. The Hall–Kier alpha value is -3.04. The van der Waals surface area contributed by atoms with Gasteiger partial charge in [0.1, 0.15) is 6.33 Å². The first kappa shape index (κ1) is 18.7. The molecule has 0 aliphatic heterocycles. The van der Waals surface area contributed by atoms with E-state index in [1.165, 1.54) is 18.2 Å². The fraction of sp³-hybridized carbons (Fsp3) is 0. The van der Waals surface area contributed by atoms with Gasteiger partial charge in [-0.05, 0) is 30.3 Å². The average Bonchev–Trinajstić information content (AvgIpc) is 2.60. The van der Waals surface area contributed by atoms with E-state index in [9.17, 15) is 18.9 Å². The highest BCUT2D eigenvalue weighted by atomic mass is 35.5. The first-order valence-electron chi connectivity index (χ1n) is 7.28. The molecule has 0 saturated carbocycles. The van der Waals surface area contributed by atoms with Crippen LogP contribution in [0.2, 0.25) is 10.0 Å². The van der Waals surface area contributed by atoms with Crippen LogP contribution >= 0.6 is 23.2 Å². The number of aromatic nitrogens is 2. The molecule has 3 aromatic rings. The molecule has 0 spiro atoms. The summed E-state index contributed by atoms with van der Waals surface area (Å²) in [5.74, 6) is -2.52. The van der Waals surface area contributed by atoms with E-state index in [0.29, 0.717) is 10.7 Å². The highest BCUT2D eigenvalue weighted by molar-refractivity contribution is 6.36. The molecule has 27 heavy (non-hydrogen) atoms. The molecule has 0 bridgehead atoms. The van der Waals surface area contributed by atoms with E-state index in [1.807, 2.05) is 0 Å². The zero-order chi connectivity index (χ0) is 19.6. The summed E-state index contributed by atoms with van der Waals surface area (Å²) < 4.78 is 26.4. The lowest BCUT2D eigenvalue weighted by atomic mass is 10.3. The summed E-state index contributed by atoms with van der Waals surface area (Å²) in [6.45, 7) is 0. The summed E-state index contributed by atoms with van der Waals surface area (Å²) in [7, 11) is 0. The maximum Gasteiger partial charge on any atom is 0.353 e. The number of nitrogens with zero attached hydrogens (tertiary/aromatic N) is 3. The van der Waals surface area contributed by atoms with Crippen molar-refractivity contribution in [2.24, 2.45) is 0 Å². The van der Waals surface area contributed by atoms with E-state index >= 15 is 0 Å². The van der Waals surface area contributed by atoms with E-state index in [-0.39, 0.29) is 22.3 Å². The molecule has 0 atom stereocenters. The summed E-state index contributed by atoms with van der Waals surface area (Å²) in [6, 6.07) is 7.48. The van der Waals surface area contributed by atoms with E-state index in [1.54, 1.807) is 6.07 Å². The van der Waals surface area contributed by atoms with Crippen molar-refractivity contribution in [3.05, 3.63) is 74.5 Å². The van der Waals surface area contributed by atoms with Gasteiger partial charge in [-0.2, -0.15) is 0 Å². The third-order valence-corrected chi connectivity index (χ3v) is 3.92. The van der Waals surface area contributed by atoms with Gasteiger partial charge in [0, 0.05) is 16.8 Å². The molecule has 0 saturated heterocycles. The molecule has 2 N–H and O–H groups in total. The minimum Gasteiger partial charge on any atom is -0.334 e. The van der Waals surface area contributed by atoms with Crippen LogP contribution in [0.3, 0.4) is 0 Å². The number of benzene rings is 2. The van der Waals surface area contributed by atoms with Crippen molar-refractivity contribution in [3.8, 4) is 0 Å². The van der Waals surface area contributed by atoms with Gasteiger partial charge >= 0.3 is 5.69 Å². The summed E-state index contributed by atoms with van der Waals surface area (Å²) in [6.07, 6.45) is 1.07. The van der Waals surface area contributed by atoms with E-state index in [4.69, 9.17) is 23.2 Å². The molecule has 138 valence electrons. The van der Waals surface area contributed by atoms with Crippen molar-refractivity contribution >= 4 is 51.9 Å². The third kappa shape index (κ3) is 4.21. The van der Waals surface area contributed by atoms with Crippen molar-refractivity contribution in [2.45, 2.75) is 0 Å². The van der Waals surface area contributed by atoms with Crippen LogP contribution in [-0.2, 0) is 0 Å². The predicted octanol–water partition coefficient (Wildman–Crippen LogP) is 5.46. The van der Waals surface area contributed by atoms with E-state index in [0.717, 1.165) is 18.5 Å². The molecule has 2 aromatic carbocycles. The molecule has 3 rings (SSSR count). The van der Waals surface area contributed by atoms with Crippen LogP contribution < -0.4 is 10.6 Å². The number of anilines is 4. The number of rotatable bonds is 5.